The van der Waals surface area contributed by atoms with Gasteiger partial charge in [-0.05, 0) is 11.8 Å². The summed E-state index contributed by atoms with van der Waals surface area (Å²) in [4.78, 5) is 21.7. The molecule has 0 saturated heterocycles. The first-order chi connectivity index (χ1) is 6.76. The molecule has 88 valence electrons. The number of hydrogen-bond donors (Lipinski definition) is 2. The standard InChI is InChI=1S/C10H19NO4/c1-10(2,3)5-7(8(12)13)6-11-9(14)15-4/h7H,5-6H2,1-4H3,(H,11,14)(H,12,13). The summed E-state index contributed by atoms with van der Waals surface area (Å²) in [5, 5.41) is 11.3. The first kappa shape index (κ1) is 13.7. The number of aliphatic carboxylic acids is 1. The van der Waals surface area contributed by atoms with Crippen molar-refractivity contribution in [3.63, 3.8) is 0 Å². The molecule has 0 fully saturated rings. The number of ether oxygens (including phenoxy) is 1. The Morgan fingerprint density at radius 2 is 1.93 bits per heavy atom. The number of carbonyl (C=O) groups is 2. The molecule has 0 aromatic heterocycles. The SMILES string of the molecule is COC(=O)NCC(CC(C)(C)C)C(=O)O. The Morgan fingerprint density at radius 1 is 1.40 bits per heavy atom. The van der Waals surface area contributed by atoms with Crippen LogP contribution in [0.4, 0.5) is 4.79 Å². The predicted octanol–water partition coefficient (Wildman–Crippen LogP) is 1.48. The van der Waals surface area contributed by atoms with E-state index < -0.39 is 18.0 Å². The van der Waals surface area contributed by atoms with Crippen LogP contribution in [0.3, 0.4) is 0 Å². The summed E-state index contributed by atoms with van der Waals surface area (Å²) >= 11 is 0. The molecule has 1 unspecified atom stereocenters. The maximum Gasteiger partial charge on any atom is 0.406 e. The molecule has 0 aliphatic carbocycles. The summed E-state index contributed by atoms with van der Waals surface area (Å²) in [5.74, 6) is -1.48. The van der Waals surface area contributed by atoms with Gasteiger partial charge in [0.25, 0.3) is 0 Å². The van der Waals surface area contributed by atoms with Crippen LogP contribution in [-0.2, 0) is 9.53 Å². The summed E-state index contributed by atoms with van der Waals surface area (Å²) in [6.07, 6.45) is -0.0954. The second kappa shape index (κ2) is 5.58. The Hall–Kier alpha value is -1.26. The highest BCUT2D eigenvalue weighted by molar-refractivity contribution is 5.72. The third-order valence-electron chi connectivity index (χ3n) is 1.89. The molecule has 0 spiro atoms. The van der Waals surface area contributed by atoms with Crippen molar-refractivity contribution in [3.05, 3.63) is 0 Å². The van der Waals surface area contributed by atoms with Gasteiger partial charge >= 0.3 is 12.1 Å². The predicted molar refractivity (Wildman–Crippen MR) is 55.6 cm³/mol. The second-order valence-electron chi connectivity index (χ2n) is 4.67. The maximum absolute atomic E-state index is 10.9. The van der Waals surface area contributed by atoms with Gasteiger partial charge < -0.3 is 15.2 Å². The van der Waals surface area contributed by atoms with Crippen molar-refractivity contribution in [2.75, 3.05) is 13.7 Å². The van der Waals surface area contributed by atoms with E-state index in [1.54, 1.807) is 0 Å². The van der Waals surface area contributed by atoms with Crippen molar-refractivity contribution in [2.24, 2.45) is 11.3 Å². The van der Waals surface area contributed by atoms with E-state index in [-0.39, 0.29) is 12.0 Å². The number of carbonyl (C=O) groups excluding carboxylic acids is 1. The maximum atomic E-state index is 10.9. The van der Waals surface area contributed by atoms with Crippen molar-refractivity contribution in [1.82, 2.24) is 5.32 Å². The van der Waals surface area contributed by atoms with Gasteiger partial charge in [0.1, 0.15) is 0 Å². The van der Waals surface area contributed by atoms with Crippen LogP contribution in [0.2, 0.25) is 0 Å². The fourth-order valence-corrected chi connectivity index (χ4v) is 1.26. The van der Waals surface area contributed by atoms with Crippen LogP contribution in [0, 0.1) is 11.3 Å². The highest BCUT2D eigenvalue weighted by atomic mass is 16.5. The van der Waals surface area contributed by atoms with E-state index in [1.165, 1.54) is 7.11 Å². The fraction of sp³-hybridized carbons (Fsp3) is 0.800. The number of alkyl carbamates (subject to hydrolysis) is 1. The van der Waals surface area contributed by atoms with E-state index in [4.69, 9.17) is 5.11 Å². The molecule has 1 atom stereocenters. The van der Waals surface area contributed by atoms with E-state index in [1.807, 2.05) is 20.8 Å². The van der Waals surface area contributed by atoms with Crippen molar-refractivity contribution in [3.8, 4) is 0 Å². The van der Waals surface area contributed by atoms with Crippen molar-refractivity contribution in [1.29, 1.82) is 0 Å². The summed E-state index contributed by atoms with van der Waals surface area (Å²) in [7, 11) is 1.24. The van der Waals surface area contributed by atoms with Crippen molar-refractivity contribution < 1.29 is 19.4 Å². The largest absolute Gasteiger partial charge is 0.481 e. The topological polar surface area (TPSA) is 75.6 Å². The minimum Gasteiger partial charge on any atom is -0.481 e. The highest BCUT2D eigenvalue weighted by Crippen LogP contribution is 2.24. The third kappa shape index (κ3) is 6.76. The molecule has 0 bridgehead atoms. The minimum atomic E-state index is -0.902. The molecule has 0 rings (SSSR count). The van der Waals surface area contributed by atoms with Crippen molar-refractivity contribution >= 4 is 12.1 Å². The molecular formula is C10H19NO4. The zero-order chi connectivity index (χ0) is 12.1. The minimum absolute atomic E-state index is 0.0825. The summed E-state index contributed by atoms with van der Waals surface area (Å²) in [5.41, 5.74) is -0.0825. The molecule has 0 heterocycles. The quantitative estimate of drug-likeness (QED) is 0.747. The van der Waals surface area contributed by atoms with E-state index >= 15 is 0 Å². The number of nitrogens with one attached hydrogen (secondary N) is 1. The average Bonchev–Trinajstić information content (AvgIpc) is 2.09. The van der Waals surface area contributed by atoms with Gasteiger partial charge in [-0.25, -0.2) is 4.79 Å². The van der Waals surface area contributed by atoms with Crippen LogP contribution in [0.1, 0.15) is 27.2 Å². The van der Waals surface area contributed by atoms with Gasteiger partial charge in [-0.1, -0.05) is 20.8 Å². The highest BCUT2D eigenvalue weighted by Gasteiger charge is 2.24. The first-order valence-electron chi connectivity index (χ1n) is 4.81. The first-order valence-corrected chi connectivity index (χ1v) is 4.81. The van der Waals surface area contributed by atoms with Crippen LogP contribution in [0.5, 0.6) is 0 Å². The summed E-state index contributed by atoms with van der Waals surface area (Å²) in [6.45, 7) is 5.97. The number of hydrogen-bond acceptors (Lipinski definition) is 3. The Balaban J connectivity index is 4.18. The van der Waals surface area contributed by atoms with Gasteiger partial charge in [0.15, 0.2) is 0 Å². The lowest BCUT2D eigenvalue weighted by atomic mass is 9.84. The van der Waals surface area contributed by atoms with E-state index in [0.29, 0.717) is 6.42 Å². The Labute approximate surface area is 89.8 Å². The summed E-state index contributed by atoms with van der Waals surface area (Å²) < 4.78 is 4.37. The van der Waals surface area contributed by atoms with Gasteiger partial charge in [0.05, 0.1) is 13.0 Å². The number of rotatable bonds is 4. The molecule has 5 nitrogen and oxygen atoms in total. The normalized spacial score (nSPS) is 13.1. The number of carboxylic acid groups (broad SMARTS) is 1. The van der Waals surface area contributed by atoms with Gasteiger partial charge in [-0.15, -0.1) is 0 Å². The van der Waals surface area contributed by atoms with Crippen LogP contribution in [0.15, 0.2) is 0 Å². The van der Waals surface area contributed by atoms with Crippen LogP contribution < -0.4 is 5.32 Å². The zero-order valence-electron chi connectivity index (χ0n) is 9.66. The molecule has 0 aromatic rings. The lowest BCUT2D eigenvalue weighted by molar-refractivity contribution is -0.142. The third-order valence-corrected chi connectivity index (χ3v) is 1.89. The Bertz CT molecular complexity index is 232. The number of methoxy groups -OCH3 is 1. The molecule has 0 saturated carbocycles. The lowest BCUT2D eigenvalue weighted by Gasteiger charge is -2.23. The molecule has 5 heteroatoms. The molecule has 15 heavy (non-hydrogen) atoms. The Kier molecular flexibility index (Phi) is 5.11. The molecular weight excluding hydrogens is 198 g/mol. The molecule has 1 amide bonds. The van der Waals surface area contributed by atoms with Gasteiger partial charge in [0.2, 0.25) is 0 Å². The zero-order valence-corrected chi connectivity index (χ0v) is 9.66. The van der Waals surface area contributed by atoms with E-state index in [0.717, 1.165) is 0 Å². The lowest BCUT2D eigenvalue weighted by Crippen LogP contribution is -2.34. The van der Waals surface area contributed by atoms with Crippen LogP contribution >= 0.6 is 0 Å². The number of carboxylic acids is 1. The van der Waals surface area contributed by atoms with Crippen LogP contribution in [0.25, 0.3) is 0 Å². The molecule has 0 aliphatic rings. The van der Waals surface area contributed by atoms with Gasteiger partial charge in [-0.2, -0.15) is 0 Å². The second-order valence-corrected chi connectivity index (χ2v) is 4.67. The van der Waals surface area contributed by atoms with E-state index in [9.17, 15) is 9.59 Å². The average molecular weight is 217 g/mol. The van der Waals surface area contributed by atoms with Gasteiger partial charge in [0, 0.05) is 6.54 Å². The molecule has 0 radical (unpaired) electrons. The fourth-order valence-electron chi connectivity index (χ4n) is 1.26. The number of amides is 1. The Morgan fingerprint density at radius 3 is 2.27 bits per heavy atom. The summed E-state index contributed by atoms with van der Waals surface area (Å²) in [6, 6.07) is 0. The monoisotopic (exact) mass is 217 g/mol. The van der Waals surface area contributed by atoms with Crippen LogP contribution in [-0.4, -0.2) is 30.8 Å². The molecule has 0 aliphatic heterocycles. The smallest absolute Gasteiger partial charge is 0.406 e. The van der Waals surface area contributed by atoms with Crippen molar-refractivity contribution in [2.45, 2.75) is 27.2 Å². The molecule has 0 aromatic carbocycles. The molecule has 2 N–H and O–H groups in total. The van der Waals surface area contributed by atoms with E-state index in [2.05, 4.69) is 10.1 Å². The van der Waals surface area contributed by atoms with Gasteiger partial charge in [-0.3, -0.25) is 4.79 Å².